The number of hydrogen-bond donors (Lipinski definition) is 1. The summed E-state index contributed by atoms with van der Waals surface area (Å²) in [7, 11) is 0. The number of rotatable bonds is 2. The Labute approximate surface area is 102 Å². The van der Waals surface area contributed by atoms with Gasteiger partial charge in [-0.3, -0.25) is 4.79 Å². The second-order valence-electron chi connectivity index (χ2n) is 5.66. The van der Waals surface area contributed by atoms with Gasteiger partial charge in [0, 0.05) is 5.92 Å². The number of carbonyl (C=O) groups is 1. The maximum atomic E-state index is 10.8. The smallest absolute Gasteiger partial charge is 0.304 e. The van der Waals surface area contributed by atoms with Crippen LogP contribution in [-0.2, 0) is 10.2 Å². The molecule has 2 rings (SSSR count). The summed E-state index contributed by atoms with van der Waals surface area (Å²) in [6.07, 6.45) is 4.21. The number of carboxylic acids is 1. The zero-order valence-electron chi connectivity index (χ0n) is 10.5. The molecule has 2 nitrogen and oxygen atoms in total. The zero-order valence-corrected chi connectivity index (χ0v) is 10.5. The van der Waals surface area contributed by atoms with E-state index in [9.17, 15) is 4.79 Å². The first-order chi connectivity index (χ1) is 7.88. The second kappa shape index (κ2) is 4.02. The predicted molar refractivity (Wildman–Crippen MR) is 69.2 cm³/mol. The first-order valence-electron chi connectivity index (χ1n) is 5.92. The highest BCUT2D eigenvalue weighted by atomic mass is 16.4. The Morgan fingerprint density at radius 3 is 2.65 bits per heavy atom. The Morgan fingerprint density at radius 2 is 2.06 bits per heavy atom. The van der Waals surface area contributed by atoms with Crippen LogP contribution in [0.5, 0.6) is 0 Å². The number of allylic oxidation sites excluding steroid dienone is 1. The third-order valence-electron chi connectivity index (χ3n) is 3.25. The highest BCUT2D eigenvalue weighted by Crippen LogP contribution is 2.35. The van der Waals surface area contributed by atoms with Gasteiger partial charge in [-0.15, -0.1) is 0 Å². The lowest BCUT2D eigenvalue weighted by Crippen LogP contribution is -2.11. The number of hydrogen-bond acceptors (Lipinski definition) is 1. The maximum absolute atomic E-state index is 10.8. The molecule has 0 spiro atoms. The van der Waals surface area contributed by atoms with Crippen molar-refractivity contribution in [3.8, 4) is 0 Å². The van der Waals surface area contributed by atoms with Crippen LogP contribution in [0.2, 0.25) is 0 Å². The average molecular weight is 230 g/mol. The molecule has 1 unspecified atom stereocenters. The van der Waals surface area contributed by atoms with Gasteiger partial charge in [0.1, 0.15) is 0 Å². The van der Waals surface area contributed by atoms with Gasteiger partial charge in [0.2, 0.25) is 0 Å². The maximum Gasteiger partial charge on any atom is 0.304 e. The van der Waals surface area contributed by atoms with E-state index in [0.29, 0.717) is 0 Å². The van der Waals surface area contributed by atoms with E-state index < -0.39 is 5.97 Å². The van der Waals surface area contributed by atoms with E-state index in [2.05, 4.69) is 39.0 Å². The van der Waals surface area contributed by atoms with Crippen molar-refractivity contribution >= 4 is 12.0 Å². The fourth-order valence-corrected chi connectivity index (χ4v) is 2.21. The van der Waals surface area contributed by atoms with Gasteiger partial charge < -0.3 is 5.11 Å². The van der Waals surface area contributed by atoms with E-state index in [1.165, 1.54) is 11.1 Å². The summed E-state index contributed by atoms with van der Waals surface area (Å²) in [6.45, 7) is 6.55. The minimum Gasteiger partial charge on any atom is -0.481 e. The van der Waals surface area contributed by atoms with E-state index in [4.69, 9.17) is 5.11 Å². The van der Waals surface area contributed by atoms with E-state index in [1.807, 2.05) is 12.2 Å². The van der Waals surface area contributed by atoms with Crippen molar-refractivity contribution in [3.05, 3.63) is 41.0 Å². The molecule has 2 heteroatoms. The molecule has 17 heavy (non-hydrogen) atoms. The second-order valence-corrected chi connectivity index (χ2v) is 5.66. The molecule has 0 saturated carbocycles. The summed E-state index contributed by atoms with van der Waals surface area (Å²) < 4.78 is 0. The largest absolute Gasteiger partial charge is 0.481 e. The van der Waals surface area contributed by atoms with Crippen molar-refractivity contribution in [2.75, 3.05) is 0 Å². The molecule has 0 aromatic heterocycles. The molecular formula is C15H18O2. The van der Waals surface area contributed by atoms with Crippen molar-refractivity contribution in [3.63, 3.8) is 0 Å². The molecule has 0 heterocycles. The molecule has 1 aromatic rings. The van der Waals surface area contributed by atoms with Crippen molar-refractivity contribution in [1.82, 2.24) is 0 Å². The van der Waals surface area contributed by atoms with Gasteiger partial charge in [-0.05, 0) is 22.1 Å². The molecule has 1 N–H and O–H groups in total. The molecule has 0 aliphatic heterocycles. The van der Waals surface area contributed by atoms with Crippen molar-refractivity contribution in [2.45, 2.75) is 38.5 Å². The molecule has 90 valence electrons. The Kier molecular flexibility index (Phi) is 2.82. The van der Waals surface area contributed by atoms with Gasteiger partial charge >= 0.3 is 5.97 Å². The van der Waals surface area contributed by atoms with Crippen molar-refractivity contribution in [2.24, 2.45) is 0 Å². The fourth-order valence-electron chi connectivity index (χ4n) is 2.21. The van der Waals surface area contributed by atoms with Crippen molar-refractivity contribution < 1.29 is 9.90 Å². The monoisotopic (exact) mass is 230 g/mol. The summed E-state index contributed by atoms with van der Waals surface area (Å²) in [5.41, 5.74) is 3.73. The summed E-state index contributed by atoms with van der Waals surface area (Å²) in [6, 6.07) is 6.36. The number of benzene rings is 1. The summed E-state index contributed by atoms with van der Waals surface area (Å²) in [5, 5.41) is 8.85. The quantitative estimate of drug-likeness (QED) is 0.843. The number of carboxylic acid groups (broad SMARTS) is 1. The first-order valence-corrected chi connectivity index (χ1v) is 5.92. The molecular weight excluding hydrogens is 212 g/mol. The molecule has 0 radical (unpaired) electrons. The van der Waals surface area contributed by atoms with E-state index >= 15 is 0 Å². The third-order valence-corrected chi connectivity index (χ3v) is 3.25. The van der Waals surface area contributed by atoms with Crippen LogP contribution in [0.25, 0.3) is 6.08 Å². The zero-order chi connectivity index (χ0) is 12.6. The Morgan fingerprint density at radius 1 is 1.35 bits per heavy atom. The minimum atomic E-state index is -0.743. The van der Waals surface area contributed by atoms with Crippen LogP contribution in [0, 0.1) is 0 Å². The van der Waals surface area contributed by atoms with Crippen LogP contribution in [-0.4, -0.2) is 11.1 Å². The van der Waals surface area contributed by atoms with Crippen LogP contribution >= 0.6 is 0 Å². The molecule has 1 atom stereocenters. The Bertz CT molecular complexity index is 478. The predicted octanol–water partition coefficient (Wildman–Crippen LogP) is 3.57. The topological polar surface area (TPSA) is 37.3 Å². The van der Waals surface area contributed by atoms with Crippen LogP contribution < -0.4 is 0 Å². The molecule has 0 saturated heterocycles. The molecule has 1 aliphatic carbocycles. The van der Waals surface area contributed by atoms with Gasteiger partial charge in [0.05, 0.1) is 6.42 Å². The average Bonchev–Trinajstić information content (AvgIpc) is 2.59. The highest BCUT2D eigenvalue weighted by molar-refractivity contribution is 5.72. The molecule has 0 amide bonds. The van der Waals surface area contributed by atoms with Gasteiger partial charge in [-0.25, -0.2) is 0 Å². The van der Waals surface area contributed by atoms with Crippen molar-refractivity contribution in [1.29, 1.82) is 0 Å². The third kappa shape index (κ3) is 2.41. The minimum absolute atomic E-state index is 0.0384. The van der Waals surface area contributed by atoms with E-state index in [-0.39, 0.29) is 17.8 Å². The molecule has 0 fully saturated rings. The first kappa shape index (κ1) is 11.9. The number of fused-ring (bicyclic) bond motifs is 1. The lowest BCUT2D eigenvalue weighted by molar-refractivity contribution is -0.137. The Balaban J connectivity index is 2.32. The number of aliphatic carboxylic acids is 1. The van der Waals surface area contributed by atoms with E-state index in [0.717, 1.165) is 5.56 Å². The molecule has 0 bridgehead atoms. The van der Waals surface area contributed by atoms with Gasteiger partial charge in [-0.2, -0.15) is 0 Å². The van der Waals surface area contributed by atoms with Crippen LogP contribution in [0.15, 0.2) is 24.3 Å². The molecule has 1 aromatic carbocycles. The lowest BCUT2D eigenvalue weighted by atomic mass is 9.84. The van der Waals surface area contributed by atoms with Crippen LogP contribution in [0.1, 0.15) is 49.8 Å². The molecule has 1 aliphatic rings. The SMILES string of the molecule is CC(C)(C)c1ccc2c(c1)C=CC2CC(=O)O. The Hall–Kier alpha value is -1.57. The van der Waals surface area contributed by atoms with E-state index in [1.54, 1.807) is 0 Å². The van der Waals surface area contributed by atoms with Crippen LogP contribution in [0.4, 0.5) is 0 Å². The summed E-state index contributed by atoms with van der Waals surface area (Å²) in [5.74, 6) is -0.705. The van der Waals surface area contributed by atoms with Gasteiger partial charge in [0.15, 0.2) is 0 Å². The summed E-state index contributed by atoms with van der Waals surface area (Å²) >= 11 is 0. The summed E-state index contributed by atoms with van der Waals surface area (Å²) in [4.78, 5) is 10.8. The van der Waals surface area contributed by atoms with Crippen LogP contribution in [0.3, 0.4) is 0 Å². The van der Waals surface area contributed by atoms with Gasteiger partial charge in [0.25, 0.3) is 0 Å². The normalized spacial score (nSPS) is 18.2. The highest BCUT2D eigenvalue weighted by Gasteiger charge is 2.22. The fraction of sp³-hybridized carbons (Fsp3) is 0.400. The lowest BCUT2D eigenvalue weighted by Gasteiger charge is -2.20. The standard InChI is InChI=1S/C15H18O2/c1-15(2,3)12-6-7-13-10(8-12)4-5-11(13)9-14(16)17/h4-8,11H,9H2,1-3H3,(H,16,17). The van der Waals surface area contributed by atoms with Gasteiger partial charge in [-0.1, -0.05) is 51.1 Å².